The lowest BCUT2D eigenvalue weighted by Gasteiger charge is -2.27. The quantitative estimate of drug-likeness (QED) is 0.176. The van der Waals surface area contributed by atoms with Crippen molar-refractivity contribution in [3.63, 3.8) is 0 Å². The Labute approximate surface area is 326 Å². The van der Waals surface area contributed by atoms with Crippen LogP contribution in [0.15, 0.2) is 199 Å². The van der Waals surface area contributed by atoms with Crippen LogP contribution in [0.2, 0.25) is 0 Å². The summed E-state index contributed by atoms with van der Waals surface area (Å²) in [6.07, 6.45) is 0. The zero-order valence-corrected chi connectivity index (χ0v) is 31.0. The van der Waals surface area contributed by atoms with Crippen LogP contribution in [-0.2, 0) is 0 Å². The molecule has 12 aromatic rings. The van der Waals surface area contributed by atoms with Gasteiger partial charge in [-0.15, -0.1) is 11.3 Å². The number of rotatable bonds is 5. The fourth-order valence-electron chi connectivity index (χ4n) is 8.91. The van der Waals surface area contributed by atoms with Crippen molar-refractivity contribution in [1.82, 2.24) is 4.57 Å². The van der Waals surface area contributed by atoms with Crippen LogP contribution in [0, 0.1) is 0 Å². The van der Waals surface area contributed by atoms with Crippen molar-refractivity contribution in [2.75, 3.05) is 4.90 Å². The maximum atomic E-state index is 6.62. The van der Waals surface area contributed by atoms with Crippen molar-refractivity contribution in [2.24, 2.45) is 0 Å². The van der Waals surface area contributed by atoms with Gasteiger partial charge in [0.05, 0.1) is 21.4 Å². The van der Waals surface area contributed by atoms with E-state index < -0.39 is 0 Å². The molecule has 0 bridgehead atoms. The van der Waals surface area contributed by atoms with E-state index in [1.54, 1.807) is 0 Å². The molecule has 0 N–H and O–H groups in total. The van der Waals surface area contributed by atoms with Crippen LogP contribution in [0.1, 0.15) is 0 Å². The van der Waals surface area contributed by atoms with Crippen LogP contribution in [0.25, 0.3) is 91.5 Å². The summed E-state index contributed by atoms with van der Waals surface area (Å²) < 4.78 is 11.6. The maximum Gasteiger partial charge on any atom is 0.143 e. The fraction of sp³-hybridized carbons (Fsp3) is 0. The van der Waals surface area contributed by atoms with Crippen LogP contribution < -0.4 is 4.90 Å². The van der Waals surface area contributed by atoms with Gasteiger partial charge < -0.3 is 13.9 Å². The van der Waals surface area contributed by atoms with E-state index >= 15 is 0 Å². The van der Waals surface area contributed by atoms with Gasteiger partial charge in [0.1, 0.15) is 11.2 Å². The van der Waals surface area contributed by atoms with E-state index in [0.717, 1.165) is 61.2 Å². The third kappa shape index (κ3) is 4.63. The number of anilines is 3. The molecule has 3 heterocycles. The molecule has 0 unspecified atom stereocenters. The fourth-order valence-corrected chi connectivity index (χ4v) is 10.1. The molecule has 4 heteroatoms. The smallest absolute Gasteiger partial charge is 0.143 e. The summed E-state index contributed by atoms with van der Waals surface area (Å²) in [5.74, 6) is 0. The van der Waals surface area contributed by atoms with Gasteiger partial charge in [-0.25, -0.2) is 0 Å². The van der Waals surface area contributed by atoms with E-state index in [2.05, 4.69) is 204 Å². The van der Waals surface area contributed by atoms with Crippen molar-refractivity contribution >= 4 is 103 Å². The van der Waals surface area contributed by atoms with Crippen molar-refractivity contribution in [1.29, 1.82) is 0 Å². The van der Waals surface area contributed by atoms with Gasteiger partial charge in [-0.05, 0) is 83.2 Å². The van der Waals surface area contributed by atoms with Crippen molar-refractivity contribution in [3.05, 3.63) is 194 Å². The van der Waals surface area contributed by atoms with E-state index in [9.17, 15) is 0 Å². The molecule has 0 saturated carbocycles. The Kier molecular flexibility index (Phi) is 6.80. The monoisotopic (exact) mass is 732 g/mol. The molecule has 0 saturated heterocycles. The number of hydrogen-bond acceptors (Lipinski definition) is 3. The number of hydrogen-bond donors (Lipinski definition) is 0. The number of thiophene rings is 1. The molecule has 12 rings (SSSR count). The van der Waals surface area contributed by atoms with Gasteiger partial charge in [-0.3, -0.25) is 0 Å². The number of benzene rings is 9. The first-order chi connectivity index (χ1) is 27.8. The summed E-state index contributed by atoms with van der Waals surface area (Å²) in [4.78, 5) is 2.44. The first-order valence-corrected chi connectivity index (χ1v) is 19.8. The second-order valence-corrected chi connectivity index (χ2v) is 15.5. The van der Waals surface area contributed by atoms with Crippen molar-refractivity contribution in [2.45, 2.75) is 0 Å². The molecule has 56 heavy (non-hydrogen) atoms. The highest BCUT2D eigenvalue weighted by Crippen LogP contribution is 2.47. The Bertz CT molecular complexity index is 3460. The predicted octanol–water partition coefficient (Wildman–Crippen LogP) is 15.3. The third-order valence-corrected chi connectivity index (χ3v) is 12.6. The lowest BCUT2D eigenvalue weighted by molar-refractivity contribution is 0.673. The Morgan fingerprint density at radius 1 is 0.464 bits per heavy atom. The second-order valence-electron chi connectivity index (χ2n) is 14.5. The Morgan fingerprint density at radius 3 is 1.96 bits per heavy atom. The number of aromatic nitrogens is 1. The third-order valence-electron chi connectivity index (χ3n) is 11.4. The number of fused-ring (bicyclic) bond motifs is 11. The molecule has 0 amide bonds. The Hall–Kier alpha value is -7.14. The van der Waals surface area contributed by atoms with Gasteiger partial charge in [0.25, 0.3) is 0 Å². The van der Waals surface area contributed by atoms with Gasteiger partial charge >= 0.3 is 0 Å². The van der Waals surface area contributed by atoms with Crippen molar-refractivity contribution in [3.8, 4) is 16.8 Å². The Balaban J connectivity index is 1.10. The number of furan rings is 1. The van der Waals surface area contributed by atoms with Gasteiger partial charge in [-0.2, -0.15) is 0 Å². The average molecular weight is 733 g/mol. The van der Waals surface area contributed by atoms with E-state index in [1.165, 1.54) is 47.4 Å². The molecule has 9 aromatic carbocycles. The molecule has 0 spiro atoms. The highest BCUT2D eigenvalue weighted by atomic mass is 32.1. The Morgan fingerprint density at radius 2 is 1.12 bits per heavy atom. The molecule has 0 fully saturated rings. The van der Waals surface area contributed by atoms with Gasteiger partial charge in [0, 0.05) is 59.5 Å². The standard InChI is InChI=1S/C52H32N2OS/c1-2-18-39-33(13-1)29-30-44-50-38(22-12-27-48(50)55-51(39)44)34-14-9-15-35(31-34)53(47-26-11-23-43-42-21-5-8-28-49(42)56-52(43)47)36-16-10-17-37(32-36)54-45-24-6-3-19-40(45)41-20-4-7-25-46(41)54/h1-32H. The van der Waals surface area contributed by atoms with Crippen molar-refractivity contribution < 1.29 is 4.42 Å². The SMILES string of the molecule is c1cc(-c2cccc3oc4c5ccccc5ccc4c23)cc(N(c2cccc(-n3c4ccccc4c4ccccc43)c2)c2cccc3c2sc2ccccc23)c1. The molecule has 3 nitrogen and oxygen atoms in total. The molecular weight excluding hydrogens is 701 g/mol. The van der Waals surface area contributed by atoms with E-state index in [-0.39, 0.29) is 0 Å². The lowest BCUT2D eigenvalue weighted by Crippen LogP contribution is -2.11. The van der Waals surface area contributed by atoms with Gasteiger partial charge in [0.15, 0.2) is 0 Å². The summed E-state index contributed by atoms with van der Waals surface area (Å²) >= 11 is 1.86. The van der Waals surface area contributed by atoms with Crippen LogP contribution in [0.5, 0.6) is 0 Å². The minimum Gasteiger partial charge on any atom is -0.455 e. The number of nitrogens with zero attached hydrogens (tertiary/aromatic N) is 2. The first-order valence-electron chi connectivity index (χ1n) is 19.0. The average Bonchev–Trinajstić information content (AvgIpc) is 3.94. The summed E-state index contributed by atoms with van der Waals surface area (Å²) in [6, 6.07) is 70.2. The molecule has 0 aliphatic rings. The molecule has 0 aliphatic heterocycles. The summed E-state index contributed by atoms with van der Waals surface area (Å²) in [7, 11) is 0. The topological polar surface area (TPSA) is 21.3 Å². The molecule has 0 radical (unpaired) electrons. The predicted molar refractivity (Wildman–Crippen MR) is 239 cm³/mol. The largest absolute Gasteiger partial charge is 0.455 e. The summed E-state index contributed by atoms with van der Waals surface area (Å²) in [5, 5.41) is 9.63. The normalized spacial score (nSPS) is 11.9. The number of para-hydroxylation sites is 2. The highest BCUT2D eigenvalue weighted by Gasteiger charge is 2.21. The van der Waals surface area contributed by atoms with Crippen LogP contribution in [0.3, 0.4) is 0 Å². The van der Waals surface area contributed by atoms with E-state index in [1.807, 2.05) is 11.3 Å². The van der Waals surface area contributed by atoms with Gasteiger partial charge in [0.2, 0.25) is 0 Å². The summed E-state index contributed by atoms with van der Waals surface area (Å²) in [5.41, 5.74) is 10.9. The van der Waals surface area contributed by atoms with E-state index in [0.29, 0.717) is 0 Å². The lowest BCUT2D eigenvalue weighted by atomic mass is 9.97. The first kappa shape index (κ1) is 31.2. The minimum absolute atomic E-state index is 0.894. The van der Waals surface area contributed by atoms with E-state index in [4.69, 9.17) is 4.42 Å². The second kappa shape index (κ2) is 12.2. The molecular formula is C52H32N2OS. The van der Waals surface area contributed by atoms with Crippen LogP contribution in [0.4, 0.5) is 17.1 Å². The molecule has 0 atom stereocenters. The molecule has 262 valence electrons. The van der Waals surface area contributed by atoms with Crippen LogP contribution in [-0.4, -0.2) is 4.57 Å². The molecule has 0 aliphatic carbocycles. The minimum atomic E-state index is 0.894. The maximum absolute atomic E-state index is 6.62. The molecule has 3 aromatic heterocycles. The zero-order chi connectivity index (χ0) is 36.7. The van der Waals surface area contributed by atoms with Crippen LogP contribution >= 0.6 is 11.3 Å². The summed E-state index contributed by atoms with van der Waals surface area (Å²) in [6.45, 7) is 0. The van der Waals surface area contributed by atoms with Gasteiger partial charge in [-0.1, -0.05) is 127 Å². The highest BCUT2D eigenvalue weighted by molar-refractivity contribution is 7.26. The zero-order valence-electron chi connectivity index (χ0n) is 30.2.